The van der Waals surface area contributed by atoms with E-state index in [4.69, 9.17) is 19.5 Å². The number of unbranched alkanes of at least 4 members (excludes halogenated alkanes) is 5. The fraction of sp³-hybridized carbons (Fsp3) is 0.758. The van der Waals surface area contributed by atoms with Crippen LogP contribution in [-0.4, -0.2) is 123 Å². The highest BCUT2D eigenvalue weighted by atomic mass is 32.2. The number of phosphoric ester groups is 3. The van der Waals surface area contributed by atoms with Crippen molar-refractivity contribution in [2.75, 3.05) is 37.8 Å². The first-order chi connectivity index (χ1) is 28.4. The molecule has 2 aromatic rings. The van der Waals surface area contributed by atoms with Crippen molar-refractivity contribution in [1.29, 1.82) is 0 Å². The summed E-state index contributed by atoms with van der Waals surface area (Å²) >= 11 is 1.15. The van der Waals surface area contributed by atoms with Crippen LogP contribution in [0.5, 0.6) is 0 Å². The summed E-state index contributed by atoms with van der Waals surface area (Å²) in [6, 6.07) is 0. The van der Waals surface area contributed by atoms with Crippen LogP contribution in [0, 0.1) is 11.3 Å². The number of ether oxygens (including phenoxy) is 1. The van der Waals surface area contributed by atoms with Gasteiger partial charge in [-0.1, -0.05) is 78.0 Å². The van der Waals surface area contributed by atoms with Gasteiger partial charge in [-0.25, -0.2) is 28.6 Å². The van der Waals surface area contributed by atoms with Gasteiger partial charge in [-0.05, 0) is 12.3 Å². The molecule has 2 aromatic heterocycles. The molecule has 0 bridgehead atoms. The molecular weight excluding hydrogens is 891 g/mol. The molecule has 0 saturated carbocycles. The molecule has 7 atom stereocenters. The maximum atomic E-state index is 12.7. The second kappa shape index (κ2) is 24.0. The van der Waals surface area contributed by atoms with E-state index in [9.17, 15) is 57.9 Å². The Morgan fingerprint density at radius 2 is 1.61 bits per heavy atom. The SMILES string of the molecule is CC(C)CCCCCCCCC(=O)SCCNC(=O)CCNC(=O)C(O)C(C)(C)COP(=O)(O)OP(=O)(O)OCC1OC(n2cnc3c(N)ncnc32)C(O)C1OP(=O)(O)O. The number of nitrogens with one attached hydrogen (secondary N) is 2. The van der Waals surface area contributed by atoms with Gasteiger partial charge in [0.05, 0.1) is 19.5 Å². The number of nitrogen functional groups attached to an aromatic ring is 1. The second-order valence-electron chi connectivity index (χ2n) is 15.3. The van der Waals surface area contributed by atoms with E-state index in [1.165, 1.54) is 39.5 Å². The summed E-state index contributed by atoms with van der Waals surface area (Å²) in [4.78, 5) is 88.0. The Bertz CT molecular complexity index is 1900. The summed E-state index contributed by atoms with van der Waals surface area (Å²) in [5.74, 6) is -0.309. The van der Waals surface area contributed by atoms with Gasteiger partial charge in [-0.15, -0.1) is 0 Å². The number of carbonyl (C=O) groups excluding carboxylic acids is 3. The zero-order valence-electron chi connectivity index (χ0n) is 34.3. The largest absolute Gasteiger partial charge is 0.481 e. The van der Waals surface area contributed by atoms with Crippen molar-refractivity contribution < 1.29 is 80.5 Å². The normalized spacial score (nSPS) is 21.0. The minimum atomic E-state index is -5.57. The number of hydrogen-bond acceptors (Lipinski definition) is 18. The molecule has 1 aliphatic heterocycles. The van der Waals surface area contributed by atoms with E-state index < -0.39 is 84.6 Å². The Hall–Kier alpha value is -2.44. The molecule has 1 saturated heterocycles. The lowest BCUT2D eigenvalue weighted by molar-refractivity contribution is -0.137. The Kier molecular flexibility index (Phi) is 20.8. The number of amides is 2. The van der Waals surface area contributed by atoms with Crippen molar-refractivity contribution in [1.82, 2.24) is 30.2 Å². The summed E-state index contributed by atoms with van der Waals surface area (Å²) in [5, 5.41) is 26.6. The number of aliphatic hydroxyl groups is 2. The number of nitrogens with zero attached hydrogens (tertiary/aromatic N) is 4. The third-order valence-corrected chi connectivity index (χ3v) is 13.2. The molecule has 348 valence electrons. The average Bonchev–Trinajstić information content (AvgIpc) is 3.72. The Morgan fingerprint density at radius 3 is 2.28 bits per heavy atom. The van der Waals surface area contributed by atoms with Crippen LogP contribution in [0.15, 0.2) is 12.7 Å². The van der Waals surface area contributed by atoms with E-state index in [-0.39, 0.29) is 41.6 Å². The lowest BCUT2D eigenvalue weighted by Gasteiger charge is -2.30. The van der Waals surface area contributed by atoms with Crippen molar-refractivity contribution >= 4 is 69.1 Å². The number of aliphatic hydroxyl groups excluding tert-OH is 2. The summed E-state index contributed by atoms with van der Waals surface area (Å²) in [6.45, 7) is 5.00. The molecule has 24 nitrogen and oxygen atoms in total. The maximum Gasteiger partial charge on any atom is 0.481 e. The summed E-state index contributed by atoms with van der Waals surface area (Å²) in [6.07, 6.45) is 1.41. The van der Waals surface area contributed by atoms with Gasteiger partial charge in [0, 0.05) is 37.1 Å². The molecule has 0 aromatic carbocycles. The van der Waals surface area contributed by atoms with Crippen molar-refractivity contribution in [3.63, 3.8) is 0 Å². The first-order valence-corrected chi connectivity index (χ1v) is 25.0. The zero-order valence-corrected chi connectivity index (χ0v) is 37.8. The molecule has 10 N–H and O–H groups in total. The van der Waals surface area contributed by atoms with E-state index in [1.807, 2.05) is 0 Å². The quantitative estimate of drug-likeness (QED) is 0.0437. The molecule has 7 unspecified atom stereocenters. The molecule has 3 rings (SSSR count). The molecule has 3 heterocycles. The molecular formula is C33H58N7O17P3S. The predicted octanol–water partition coefficient (Wildman–Crippen LogP) is 2.44. The number of nitrogens with two attached hydrogens (primary N) is 1. The third-order valence-electron chi connectivity index (χ3n) is 9.18. The Morgan fingerprint density at radius 1 is 0.951 bits per heavy atom. The van der Waals surface area contributed by atoms with Crippen molar-refractivity contribution in [3.8, 4) is 0 Å². The lowest BCUT2D eigenvalue weighted by Crippen LogP contribution is -2.46. The predicted molar refractivity (Wildman–Crippen MR) is 219 cm³/mol. The number of aromatic nitrogens is 4. The van der Waals surface area contributed by atoms with Crippen LogP contribution in [0.25, 0.3) is 11.2 Å². The van der Waals surface area contributed by atoms with Gasteiger partial charge < -0.3 is 50.9 Å². The van der Waals surface area contributed by atoms with Crippen LogP contribution in [0.4, 0.5) is 5.82 Å². The van der Waals surface area contributed by atoms with E-state index >= 15 is 0 Å². The first kappa shape index (κ1) is 52.9. The fourth-order valence-electron chi connectivity index (χ4n) is 5.90. The highest BCUT2D eigenvalue weighted by molar-refractivity contribution is 8.13. The van der Waals surface area contributed by atoms with Gasteiger partial charge in [0.2, 0.25) is 11.8 Å². The van der Waals surface area contributed by atoms with Crippen LogP contribution in [0.1, 0.15) is 91.7 Å². The van der Waals surface area contributed by atoms with Crippen LogP contribution in [-0.2, 0) is 50.7 Å². The van der Waals surface area contributed by atoms with Crippen LogP contribution < -0.4 is 16.4 Å². The number of carbonyl (C=O) groups is 3. The molecule has 0 radical (unpaired) electrons. The van der Waals surface area contributed by atoms with E-state index in [0.29, 0.717) is 12.2 Å². The zero-order chi connectivity index (χ0) is 45.6. The number of hydrogen-bond donors (Lipinski definition) is 9. The molecule has 61 heavy (non-hydrogen) atoms. The number of imidazole rings is 1. The molecule has 2 amide bonds. The van der Waals surface area contributed by atoms with Gasteiger partial charge in [0.25, 0.3) is 0 Å². The minimum absolute atomic E-state index is 0.0329. The van der Waals surface area contributed by atoms with Gasteiger partial charge >= 0.3 is 23.5 Å². The maximum absolute atomic E-state index is 12.7. The lowest BCUT2D eigenvalue weighted by atomic mass is 9.87. The van der Waals surface area contributed by atoms with Gasteiger partial charge in [0.15, 0.2) is 22.8 Å². The first-order valence-electron chi connectivity index (χ1n) is 19.5. The highest BCUT2D eigenvalue weighted by Crippen LogP contribution is 2.61. The Labute approximate surface area is 356 Å². The monoisotopic (exact) mass is 949 g/mol. The van der Waals surface area contributed by atoms with Crippen molar-refractivity contribution in [3.05, 3.63) is 12.7 Å². The molecule has 0 spiro atoms. The van der Waals surface area contributed by atoms with Crippen LogP contribution >= 0.6 is 35.2 Å². The van der Waals surface area contributed by atoms with Gasteiger partial charge in [0.1, 0.15) is 36.3 Å². The number of phosphoric acid groups is 3. The second-order valence-corrected chi connectivity index (χ2v) is 20.7. The van der Waals surface area contributed by atoms with Crippen molar-refractivity contribution in [2.45, 2.75) is 116 Å². The summed E-state index contributed by atoms with van der Waals surface area (Å²) < 4.78 is 62.3. The van der Waals surface area contributed by atoms with Crippen LogP contribution in [0.2, 0.25) is 0 Å². The third kappa shape index (κ3) is 18.3. The number of fused-ring (bicyclic) bond motifs is 1. The molecule has 1 aliphatic rings. The number of anilines is 1. The van der Waals surface area contributed by atoms with Gasteiger partial charge in [-0.2, -0.15) is 4.31 Å². The number of thioether (sulfide) groups is 1. The van der Waals surface area contributed by atoms with E-state index in [1.54, 1.807) is 0 Å². The standard InChI is InChI=1S/C33H58N7O17P3S/c1-21(2)11-9-7-5-6-8-10-12-24(42)61-16-15-35-23(41)13-14-36-31(45)28(44)33(3,4)18-54-60(51,52)57-59(49,50)53-17-22-27(56-58(46,47)48)26(43)32(55-22)40-20-39-25-29(34)37-19-38-30(25)40/h19-22,26-28,32,43-44H,5-18H2,1-4H3,(H,35,41)(H,36,45)(H,49,50)(H,51,52)(H2,34,37,38)(H2,46,47,48). The smallest absolute Gasteiger partial charge is 0.386 e. The van der Waals surface area contributed by atoms with E-state index in [2.05, 4.69) is 48.3 Å². The molecule has 0 aliphatic carbocycles. The van der Waals surface area contributed by atoms with Crippen molar-refractivity contribution in [2.24, 2.45) is 11.3 Å². The van der Waals surface area contributed by atoms with Gasteiger partial charge in [-0.3, -0.25) is 32.5 Å². The average molecular weight is 950 g/mol. The summed E-state index contributed by atoms with van der Waals surface area (Å²) in [7, 11) is -16.4. The molecule has 1 fully saturated rings. The summed E-state index contributed by atoms with van der Waals surface area (Å²) in [5.41, 5.74) is 4.28. The minimum Gasteiger partial charge on any atom is -0.386 e. The van der Waals surface area contributed by atoms with E-state index in [0.717, 1.165) is 54.2 Å². The highest BCUT2D eigenvalue weighted by Gasteiger charge is 2.50. The topological polar surface area (TPSA) is 364 Å². The molecule has 28 heteroatoms. The fourth-order valence-corrected chi connectivity index (χ4v) is 9.45. The number of rotatable bonds is 28. The van der Waals surface area contributed by atoms with Crippen LogP contribution in [0.3, 0.4) is 0 Å². The Balaban J connectivity index is 1.39.